The second-order valence-corrected chi connectivity index (χ2v) is 11.4. The highest BCUT2D eigenvalue weighted by Gasteiger charge is 2.28. The molecule has 2 saturated heterocycles. The van der Waals surface area contributed by atoms with Crippen LogP contribution in [0.15, 0.2) is 40.6 Å². The summed E-state index contributed by atoms with van der Waals surface area (Å²) in [6, 6.07) is 9.11. The van der Waals surface area contributed by atoms with Gasteiger partial charge in [-0.3, -0.25) is 9.69 Å². The van der Waals surface area contributed by atoms with E-state index in [2.05, 4.69) is 16.3 Å². The van der Waals surface area contributed by atoms with Crippen molar-refractivity contribution in [1.29, 1.82) is 0 Å². The third kappa shape index (κ3) is 6.40. The fourth-order valence-electron chi connectivity index (χ4n) is 4.17. The quantitative estimate of drug-likeness (QED) is 0.578. The Morgan fingerprint density at radius 1 is 1.24 bits per heavy atom. The molecule has 180 valence electrons. The van der Waals surface area contributed by atoms with Gasteiger partial charge in [0.1, 0.15) is 0 Å². The molecule has 2 aromatic rings. The number of sulfonamides is 1. The zero-order valence-corrected chi connectivity index (χ0v) is 20.5. The van der Waals surface area contributed by atoms with Crippen molar-refractivity contribution in [3.63, 3.8) is 0 Å². The predicted octanol–water partition coefficient (Wildman–Crippen LogP) is 2.70. The molecule has 10 heteroatoms. The molecule has 1 aromatic carbocycles. The Labute approximate surface area is 199 Å². The summed E-state index contributed by atoms with van der Waals surface area (Å²) in [5.41, 5.74) is 1.13. The predicted molar refractivity (Wildman–Crippen MR) is 128 cm³/mol. The third-order valence-corrected chi connectivity index (χ3v) is 8.77. The number of benzene rings is 1. The van der Waals surface area contributed by atoms with Crippen molar-refractivity contribution in [2.24, 2.45) is 0 Å². The molecule has 2 fully saturated rings. The summed E-state index contributed by atoms with van der Waals surface area (Å²) in [6.07, 6.45) is 2.19. The molecular weight excluding hydrogens is 462 g/mol. The molecule has 1 amide bonds. The number of hydrogen-bond acceptors (Lipinski definition) is 7. The highest BCUT2D eigenvalue weighted by molar-refractivity contribution is 7.89. The van der Waals surface area contributed by atoms with Crippen LogP contribution in [0.25, 0.3) is 0 Å². The number of carbonyl (C=O) groups excluding carboxylic acids is 1. The van der Waals surface area contributed by atoms with E-state index in [4.69, 9.17) is 9.47 Å². The number of ether oxygens (including phenoxy) is 2. The Balaban J connectivity index is 1.44. The zero-order chi connectivity index (χ0) is 23.3. The van der Waals surface area contributed by atoms with Crippen LogP contribution in [-0.4, -0.2) is 75.6 Å². The molecule has 8 nitrogen and oxygen atoms in total. The average molecular weight is 494 g/mol. The molecule has 1 aromatic heterocycles. The second kappa shape index (κ2) is 11.1. The molecule has 2 aliphatic heterocycles. The lowest BCUT2D eigenvalue weighted by atomic mass is 10.2. The number of amides is 1. The first kappa shape index (κ1) is 24.3. The van der Waals surface area contributed by atoms with Gasteiger partial charge in [-0.1, -0.05) is 12.1 Å². The standard InChI is InChI=1S/C23H31N3O5S2/c1-18-6-7-19(14-22(18)33(28,29)26-8-11-30-12-9-26)24-23(27)17-25(15-20-4-2-10-31-20)16-21-5-3-13-32-21/h3,5-7,13-14,20H,2,4,8-12,15-17H2,1H3,(H,24,27). The molecule has 0 bridgehead atoms. The van der Waals surface area contributed by atoms with Gasteiger partial charge in [0.15, 0.2) is 0 Å². The van der Waals surface area contributed by atoms with Crippen LogP contribution < -0.4 is 5.32 Å². The van der Waals surface area contributed by atoms with Crippen LogP contribution in [0.2, 0.25) is 0 Å². The number of anilines is 1. The van der Waals surface area contributed by atoms with Crippen LogP contribution in [0, 0.1) is 6.92 Å². The van der Waals surface area contributed by atoms with Crippen LogP contribution in [0.3, 0.4) is 0 Å². The van der Waals surface area contributed by atoms with E-state index in [0.717, 1.165) is 19.4 Å². The van der Waals surface area contributed by atoms with Crippen LogP contribution in [0.4, 0.5) is 5.69 Å². The summed E-state index contributed by atoms with van der Waals surface area (Å²) >= 11 is 1.67. The summed E-state index contributed by atoms with van der Waals surface area (Å²) in [6.45, 7) is 5.55. The molecule has 0 spiro atoms. The third-order valence-electron chi connectivity index (χ3n) is 5.87. The maximum Gasteiger partial charge on any atom is 0.243 e. The van der Waals surface area contributed by atoms with Crippen molar-refractivity contribution in [3.8, 4) is 0 Å². The van der Waals surface area contributed by atoms with Gasteiger partial charge < -0.3 is 14.8 Å². The largest absolute Gasteiger partial charge is 0.379 e. The van der Waals surface area contributed by atoms with Gasteiger partial charge in [-0.2, -0.15) is 4.31 Å². The molecular formula is C23H31N3O5S2. The van der Waals surface area contributed by atoms with E-state index >= 15 is 0 Å². The molecule has 4 rings (SSSR count). The first-order valence-electron chi connectivity index (χ1n) is 11.3. The number of carbonyl (C=O) groups is 1. The Kier molecular flexibility index (Phi) is 8.15. The van der Waals surface area contributed by atoms with E-state index in [1.807, 2.05) is 11.4 Å². The molecule has 33 heavy (non-hydrogen) atoms. The smallest absolute Gasteiger partial charge is 0.243 e. The lowest BCUT2D eigenvalue weighted by molar-refractivity contribution is -0.117. The monoisotopic (exact) mass is 493 g/mol. The number of nitrogens with zero attached hydrogens (tertiary/aromatic N) is 2. The Hall–Kier alpha value is -1.82. The highest BCUT2D eigenvalue weighted by Crippen LogP contribution is 2.25. The lowest BCUT2D eigenvalue weighted by Gasteiger charge is -2.27. The van der Waals surface area contributed by atoms with Crippen LogP contribution in [0.1, 0.15) is 23.3 Å². The summed E-state index contributed by atoms with van der Waals surface area (Å²) in [5, 5.41) is 4.92. The Morgan fingerprint density at radius 2 is 2.06 bits per heavy atom. The fourth-order valence-corrected chi connectivity index (χ4v) is 6.57. The summed E-state index contributed by atoms with van der Waals surface area (Å²) in [7, 11) is -3.65. The van der Waals surface area contributed by atoms with Crippen LogP contribution in [0.5, 0.6) is 0 Å². The highest BCUT2D eigenvalue weighted by atomic mass is 32.2. The summed E-state index contributed by atoms with van der Waals surface area (Å²) in [4.78, 5) is 16.4. The van der Waals surface area contributed by atoms with Gasteiger partial charge in [0.25, 0.3) is 0 Å². The SMILES string of the molecule is Cc1ccc(NC(=O)CN(Cc2cccs2)CC2CCCO2)cc1S(=O)(=O)N1CCOCC1. The first-order chi connectivity index (χ1) is 15.9. The minimum atomic E-state index is -3.65. The number of hydrogen-bond donors (Lipinski definition) is 1. The van der Waals surface area contributed by atoms with Gasteiger partial charge in [0.2, 0.25) is 15.9 Å². The van der Waals surface area contributed by atoms with Crippen molar-refractivity contribution in [2.45, 2.75) is 37.3 Å². The van der Waals surface area contributed by atoms with E-state index in [0.29, 0.717) is 50.6 Å². The second-order valence-electron chi connectivity index (χ2n) is 8.43. The van der Waals surface area contributed by atoms with Gasteiger partial charge in [-0.05, 0) is 48.9 Å². The van der Waals surface area contributed by atoms with E-state index in [-0.39, 0.29) is 23.5 Å². The number of aryl methyl sites for hydroxylation is 1. The maximum absolute atomic E-state index is 13.1. The van der Waals surface area contributed by atoms with Gasteiger partial charge in [0.05, 0.1) is 30.8 Å². The minimum absolute atomic E-state index is 0.141. The lowest BCUT2D eigenvalue weighted by Crippen LogP contribution is -2.40. The molecule has 0 radical (unpaired) electrons. The Morgan fingerprint density at radius 3 is 2.76 bits per heavy atom. The summed E-state index contributed by atoms with van der Waals surface area (Å²) < 4.78 is 38.8. The molecule has 3 heterocycles. The van der Waals surface area contributed by atoms with E-state index in [1.165, 1.54) is 9.18 Å². The number of morpholine rings is 1. The van der Waals surface area contributed by atoms with Crippen molar-refractivity contribution in [1.82, 2.24) is 9.21 Å². The zero-order valence-electron chi connectivity index (χ0n) is 18.9. The van der Waals surface area contributed by atoms with E-state index < -0.39 is 10.0 Å². The van der Waals surface area contributed by atoms with Crippen molar-refractivity contribution >= 4 is 33.0 Å². The molecule has 0 saturated carbocycles. The molecule has 0 aliphatic carbocycles. The van der Waals surface area contributed by atoms with E-state index in [1.54, 1.807) is 36.5 Å². The maximum atomic E-state index is 13.1. The fraction of sp³-hybridized carbons (Fsp3) is 0.522. The topological polar surface area (TPSA) is 88.2 Å². The van der Waals surface area contributed by atoms with Crippen molar-refractivity contribution in [2.75, 3.05) is 51.3 Å². The van der Waals surface area contributed by atoms with Crippen molar-refractivity contribution in [3.05, 3.63) is 46.2 Å². The molecule has 2 aliphatic rings. The number of nitrogens with one attached hydrogen (secondary N) is 1. The van der Waals surface area contributed by atoms with Crippen LogP contribution >= 0.6 is 11.3 Å². The molecule has 1 N–H and O–H groups in total. The molecule has 1 atom stereocenters. The van der Waals surface area contributed by atoms with Gasteiger partial charge >= 0.3 is 0 Å². The van der Waals surface area contributed by atoms with E-state index in [9.17, 15) is 13.2 Å². The van der Waals surface area contributed by atoms with Gasteiger partial charge in [-0.25, -0.2) is 8.42 Å². The van der Waals surface area contributed by atoms with Crippen LogP contribution in [-0.2, 0) is 30.8 Å². The minimum Gasteiger partial charge on any atom is -0.379 e. The average Bonchev–Trinajstić information content (AvgIpc) is 3.50. The van der Waals surface area contributed by atoms with Gasteiger partial charge in [0, 0.05) is 43.4 Å². The summed E-state index contributed by atoms with van der Waals surface area (Å²) in [5.74, 6) is -0.178. The van der Waals surface area contributed by atoms with Gasteiger partial charge in [-0.15, -0.1) is 11.3 Å². The normalized spacial score (nSPS) is 19.8. The Bertz CT molecular complexity index is 1030. The number of rotatable bonds is 9. The molecule has 1 unspecified atom stereocenters. The first-order valence-corrected chi connectivity index (χ1v) is 13.6. The number of thiophene rings is 1. The van der Waals surface area contributed by atoms with Crippen molar-refractivity contribution < 1.29 is 22.7 Å².